The minimum atomic E-state index is -0.613. The Bertz CT molecular complexity index is 157. The molecule has 0 aromatic rings. The monoisotopic (exact) mass is 185 g/mol. The second-order valence-electron chi connectivity index (χ2n) is 3.87. The van der Waals surface area contributed by atoms with Crippen LogP contribution in [0.1, 0.15) is 46.9 Å². The highest BCUT2D eigenvalue weighted by Gasteiger charge is 2.15. The van der Waals surface area contributed by atoms with Gasteiger partial charge in [-0.2, -0.15) is 0 Å². The average molecular weight is 185 g/mol. The van der Waals surface area contributed by atoms with Gasteiger partial charge in [-0.15, -0.1) is 6.58 Å². The molecule has 2 N–H and O–H groups in total. The smallest absolute Gasteiger partial charge is 0.139 e. The number of aldehydes is 1. The van der Waals surface area contributed by atoms with E-state index < -0.39 is 5.54 Å². The van der Waals surface area contributed by atoms with Gasteiger partial charge in [-0.05, 0) is 26.2 Å². The van der Waals surface area contributed by atoms with E-state index in [1.807, 2.05) is 6.08 Å². The summed E-state index contributed by atoms with van der Waals surface area (Å²) in [5, 5.41) is 0. The van der Waals surface area contributed by atoms with Gasteiger partial charge < -0.3 is 10.5 Å². The molecule has 0 heterocycles. The second kappa shape index (κ2) is 6.84. The number of carbonyl (C=O) groups is 1. The van der Waals surface area contributed by atoms with Crippen LogP contribution in [0.15, 0.2) is 12.7 Å². The highest BCUT2D eigenvalue weighted by molar-refractivity contribution is 5.62. The fourth-order valence-electron chi connectivity index (χ4n) is 1.21. The molecular formula is C11H23NO. The highest BCUT2D eigenvalue weighted by atomic mass is 16.1. The van der Waals surface area contributed by atoms with E-state index in [1.165, 1.54) is 12.8 Å². The van der Waals surface area contributed by atoms with Crippen LogP contribution in [0.2, 0.25) is 0 Å². The average Bonchev–Trinajstić information content (AvgIpc) is 2.11. The summed E-state index contributed by atoms with van der Waals surface area (Å²) in [5.74, 6) is 0. The minimum Gasteiger partial charge on any atom is -0.319 e. The van der Waals surface area contributed by atoms with Crippen molar-refractivity contribution in [1.29, 1.82) is 0 Å². The normalized spacial score (nSPS) is 14.9. The third-order valence-corrected chi connectivity index (χ3v) is 2.14. The topological polar surface area (TPSA) is 43.1 Å². The maximum atomic E-state index is 10.5. The van der Waals surface area contributed by atoms with Crippen molar-refractivity contribution < 1.29 is 6.22 Å². The van der Waals surface area contributed by atoms with Gasteiger partial charge in [0.25, 0.3) is 0 Å². The number of allylic oxidation sites excluding steroid dienone is 1. The lowest BCUT2D eigenvalue weighted by Gasteiger charge is -2.15. The molecule has 0 saturated heterocycles. The maximum absolute atomic E-state index is 10.5. The molecule has 0 unspecified atom stereocenters. The minimum absolute atomic E-state index is 0. The van der Waals surface area contributed by atoms with Crippen LogP contribution in [0.4, 0.5) is 0 Å². The van der Waals surface area contributed by atoms with Crippen LogP contribution in [0.25, 0.3) is 0 Å². The van der Waals surface area contributed by atoms with Crippen molar-refractivity contribution in [2.24, 2.45) is 5.73 Å². The first-order valence-corrected chi connectivity index (χ1v) is 4.98. The Labute approximate surface area is 82.7 Å². The molecule has 2 heteroatoms. The van der Waals surface area contributed by atoms with Crippen molar-refractivity contribution in [2.45, 2.75) is 51.0 Å². The third-order valence-electron chi connectivity index (χ3n) is 2.14. The molecular weight excluding hydrogens is 162 g/mol. The number of nitrogens with two attached hydrogens (primary N) is 1. The van der Waals surface area contributed by atoms with E-state index in [1.54, 1.807) is 6.92 Å². The first-order chi connectivity index (χ1) is 6.12. The Morgan fingerprint density at radius 2 is 2.00 bits per heavy atom. The standard InChI is InChI=1S/C11H21NO.H2/c1-3-4-5-6-7-8-9-11(2,12)10-13;/h3,10H,1,4-9,12H2,2H3;1H/t11-;/m1./s1. The molecule has 0 aromatic carbocycles. The van der Waals surface area contributed by atoms with E-state index in [9.17, 15) is 4.79 Å². The zero-order valence-electron chi connectivity index (χ0n) is 8.59. The van der Waals surface area contributed by atoms with Gasteiger partial charge in [0.15, 0.2) is 0 Å². The van der Waals surface area contributed by atoms with Gasteiger partial charge in [-0.1, -0.05) is 25.3 Å². The summed E-state index contributed by atoms with van der Waals surface area (Å²) in [7, 11) is 0. The molecule has 0 bridgehead atoms. The molecule has 0 saturated carbocycles. The summed E-state index contributed by atoms with van der Waals surface area (Å²) >= 11 is 0. The van der Waals surface area contributed by atoms with Crippen LogP contribution in [-0.4, -0.2) is 11.8 Å². The van der Waals surface area contributed by atoms with Crippen molar-refractivity contribution >= 4 is 6.29 Å². The number of hydrogen-bond donors (Lipinski definition) is 1. The summed E-state index contributed by atoms with van der Waals surface area (Å²) in [5.41, 5.74) is 5.06. The van der Waals surface area contributed by atoms with Crippen LogP contribution in [0.5, 0.6) is 0 Å². The van der Waals surface area contributed by atoms with Crippen molar-refractivity contribution in [2.75, 3.05) is 0 Å². The van der Waals surface area contributed by atoms with Crippen LogP contribution < -0.4 is 5.73 Å². The zero-order valence-corrected chi connectivity index (χ0v) is 8.59. The first-order valence-electron chi connectivity index (χ1n) is 4.98. The first kappa shape index (κ1) is 12.4. The highest BCUT2D eigenvalue weighted by Crippen LogP contribution is 2.11. The van der Waals surface area contributed by atoms with E-state index in [2.05, 4.69) is 6.58 Å². The van der Waals surface area contributed by atoms with E-state index in [-0.39, 0.29) is 1.43 Å². The van der Waals surface area contributed by atoms with E-state index in [0.717, 1.165) is 32.0 Å². The van der Waals surface area contributed by atoms with Gasteiger partial charge >= 0.3 is 0 Å². The summed E-state index contributed by atoms with van der Waals surface area (Å²) in [6.07, 6.45) is 9.29. The predicted molar refractivity (Wildman–Crippen MR) is 58.7 cm³/mol. The van der Waals surface area contributed by atoms with Gasteiger partial charge in [0.2, 0.25) is 0 Å². The molecule has 0 aliphatic rings. The predicted octanol–water partition coefficient (Wildman–Crippen LogP) is 2.68. The van der Waals surface area contributed by atoms with E-state index in [0.29, 0.717) is 0 Å². The lowest BCUT2D eigenvalue weighted by Crippen LogP contribution is -2.37. The Morgan fingerprint density at radius 3 is 2.54 bits per heavy atom. The Hall–Kier alpha value is -0.630. The molecule has 13 heavy (non-hydrogen) atoms. The molecule has 0 radical (unpaired) electrons. The Balaban J connectivity index is 0. The number of unbranched alkanes of at least 4 members (excludes halogenated alkanes) is 4. The fourth-order valence-corrected chi connectivity index (χ4v) is 1.21. The van der Waals surface area contributed by atoms with Crippen LogP contribution in [0.3, 0.4) is 0 Å². The van der Waals surface area contributed by atoms with Gasteiger partial charge in [-0.3, -0.25) is 0 Å². The number of carbonyl (C=O) groups excluding carboxylic acids is 1. The van der Waals surface area contributed by atoms with Gasteiger partial charge in [0, 0.05) is 1.43 Å². The SMILES string of the molecule is C=CCCCCCC[C@@](C)(N)C=O.[HH]. The molecule has 78 valence electrons. The molecule has 0 aliphatic carbocycles. The van der Waals surface area contributed by atoms with Gasteiger partial charge in [0.1, 0.15) is 6.29 Å². The Kier molecular flexibility index (Phi) is 6.51. The molecule has 0 rings (SSSR count). The van der Waals surface area contributed by atoms with Crippen molar-refractivity contribution in [3.8, 4) is 0 Å². The molecule has 0 aliphatic heterocycles. The molecule has 0 amide bonds. The van der Waals surface area contributed by atoms with Crippen LogP contribution >= 0.6 is 0 Å². The summed E-state index contributed by atoms with van der Waals surface area (Å²) in [4.78, 5) is 10.5. The van der Waals surface area contributed by atoms with E-state index >= 15 is 0 Å². The fraction of sp³-hybridized carbons (Fsp3) is 0.727. The quantitative estimate of drug-likeness (QED) is 0.359. The molecule has 1 atom stereocenters. The number of hydrogen-bond acceptors (Lipinski definition) is 2. The lowest BCUT2D eigenvalue weighted by atomic mass is 9.97. The van der Waals surface area contributed by atoms with Crippen LogP contribution in [0, 0.1) is 0 Å². The van der Waals surface area contributed by atoms with Crippen molar-refractivity contribution in [3.05, 3.63) is 12.7 Å². The zero-order chi connectivity index (χ0) is 10.2. The second-order valence-corrected chi connectivity index (χ2v) is 3.87. The van der Waals surface area contributed by atoms with Crippen molar-refractivity contribution in [3.63, 3.8) is 0 Å². The van der Waals surface area contributed by atoms with Gasteiger partial charge in [-0.25, -0.2) is 0 Å². The summed E-state index contributed by atoms with van der Waals surface area (Å²) < 4.78 is 0. The van der Waals surface area contributed by atoms with Gasteiger partial charge in [0.05, 0.1) is 5.54 Å². The molecule has 0 aromatic heterocycles. The molecule has 2 nitrogen and oxygen atoms in total. The Morgan fingerprint density at radius 1 is 1.38 bits per heavy atom. The largest absolute Gasteiger partial charge is 0.319 e. The molecule has 0 fully saturated rings. The maximum Gasteiger partial charge on any atom is 0.139 e. The van der Waals surface area contributed by atoms with E-state index in [4.69, 9.17) is 5.73 Å². The summed E-state index contributed by atoms with van der Waals surface area (Å²) in [6.45, 7) is 5.45. The molecule has 0 spiro atoms. The number of rotatable bonds is 8. The lowest BCUT2D eigenvalue weighted by molar-refractivity contribution is -0.112. The summed E-state index contributed by atoms with van der Waals surface area (Å²) in [6, 6.07) is 0. The third kappa shape index (κ3) is 7.72. The van der Waals surface area contributed by atoms with Crippen molar-refractivity contribution in [1.82, 2.24) is 0 Å². The van der Waals surface area contributed by atoms with Crippen LogP contribution in [-0.2, 0) is 4.79 Å².